The Hall–Kier alpha value is -1.92. The summed E-state index contributed by atoms with van der Waals surface area (Å²) >= 11 is 0. The van der Waals surface area contributed by atoms with E-state index in [1.54, 1.807) is 24.3 Å². The maximum atomic E-state index is 10.5. The Bertz CT molecular complexity index is 497. The summed E-state index contributed by atoms with van der Waals surface area (Å²) in [4.78, 5) is 21.0. The normalized spacial score (nSPS) is 20.6. The Labute approximate surface area is 130 Å². The van der Waals surface area contributed by atoms with Gasteiger partial charge in [-0.3, -0.25) is 4.79 Å². The van der Waals surface area contributed by atoms with Crippen molar-refractivity contribution in [3.63, 3.8) is 0 Å². The van der Waals surface area contributed by atoms with Gasteiger partial charge in [-0.25, -0.2) is 4.79 Å². The number of nitrogens with two attached hydrogens (primary N) is 2. The fourth-order valence-corrected chi connectivity index (χ4v) is 2.55. The van der Waals surface area contributed by atoms with Gasteiger partial charge in [0.05, 0.1) is 11.5 Å². The first-order valence-electron chi connectivity index (χ1n) is 7.43. The third-order valence-corrected chi connectivity index (χ3v) is 4.00. The van der Waals surface area contributed by atoms with Crippen molar-refractivity contribution in [2.45, 2.75) is 32.2 Å². The molecular weight excluding hydrogens is 284 g/mol. The quantitative estimate of drug-likeness (QED) is 0.670. The van der Waals surface area contributed by atoms with Crippen LogP contribution in [-0.4, -0.2) is 28.7 Å². The van der Waals surface area contributed by atoms with Crippen LogP contribution < -0.4 is 11.5 Å². The van der Waals surface area contributed by atoms with Crippen molar-refractivity contribution < 1.29 is 19.8 Å². The molecule has 6 N–H and O–H groups in total. The molecule has 1 aliphatic rings. The number of carbonyl (C=O) groups is 2. The average Bonchev–Trinajstić information content (AvgIpc) is 2.55. The van der Waals surface area contributed by atoms with Gasteiger partial charge in [0.25, 0.3) is 0 Å². The van der Waals surface area contributed by atoms with Gasteiger partial charge in [0.1, 0.15) is 0 Å². The van der Waals surface area contributed by atoms with Gasteiger partial charge in [-0.1, -0.05) is 18.2 Å². The molecule has 0 heterocycles. The molecule has 2 rings (SSSR count). The maximum absolute atomic E-state index is 10.5. The summed E-state index contributed by atoms with van der Waals surface area (Å²) in [6.45, 7) is 0.981. The van der Waals surface area contributed by atoms with Gasteiger partial charge in [0.15, 0.2) is 0 Å². The van der Waals surface area contributed by atoms with Gasteiger partial charge in [-0.2, -0.15) is 0 Å². The standard InChI is InChI=1S/C8H15NO2.C8H9NO2/c9-5-6-1-3-7(4-2-6)8(10)11;9-5-6-3-1-2-4-7(6)8(10)11/h6-7H,1-5,9H2,(H,10,11);1-4H,5,9H2,(H,10,11)/t6-,7-;. The zero-order valence-electron chi connectivity index (χ0n) is 12.6. The molecule has 0 unspecified atom stereocenters. The molecule has 1 aromatic rings. The van der Waals surface area contributed by atoms with Crippen LogP contribution in [0, 0.1) is 11.8 Å². The first-order chi connectivity index (χ1) is 10.5. The number of hydrogen-bond acceptors (Lipinski definition) is 4. The molecule has 22 heavy (non-hydrogen) atoms. The summed E-state index contributed by atoms with van der Waals surface area (Å²) in [5.41, 5.74) is 11.8. The van der Waals surface area contributed by atoms with E-state index in [0.717, 1.165) is 25.7 Å². The van der Waals surface area contributed by atoms with E-state index in [-0.39, 0.29) is 18.0 Å². The number of carboxylic acids is 2. The van der Waals surface area contributed by atoms with Gasteiger partial charge >= 0.3 is 11.9 Å². The number of hydrogen-bond donors (Lipinski definition) is 4. The predicted molar refractivity (Wildman–Crippen MR) is 83.4 cm³/mol. The van der Waals surface area contributed by atoms with Crippen LogP contribution in [0.5, 0.6) is 0 Å². The van der Waals surface area contributed by atoms with E-state index >= 15 is 0 Å². The van der Waals surface area contributed by atoms with E-state index in [9.17, 15) is 9.59 Å². The van der Waals surface area contributed by atoms with Crippen molar-refractivity contribution >= 4 is 11.9 Å². The fourth-order valence-electron chi connectivity index (χ4n) is 2.55. The molecule has 1 aliphatic carbocycles. The highest BCUT2D eigenvalue weighted by Crippen LogP contribution is 2.27. The molecule has 122 valence electrons. The van der Waals surface area contributed by atoms with E-state index in [1.807, 2.05) is 0 Å². The molecule has 0 atom stereocenters. The van der Waals surface area contributed by atoms with Crippen molar-refractivity contribution in [1.82, 2.24) is 0 Å². The van der Waals surface area contributed by atoms with Gasteiger partial charge in [0, 0.05) is 6.54 Å². The maximum Gasteiger partial charge on any atom is 0.336 e. The van der Waals surface area contributed by atoms with Gasteiger partial charge < -0.3 is 21.7 Å². The molecule has 0 aromatic heterocycles. The molecule has 0 aliphatic heterocycles. The third-order valence-electron chi connectivity index (χ3n) is 4.00. The first-order valence-corrected chi connectivity index (χ1v) is 7.43. The molecule has 6 nitrogen and oxygen atoms in total. The lowest BCUT2D eigenvalue weighted by atomic mass is 9.82. The van der Waals surface area contributed by atoms with Gasteiger partial charge in [0.2, 0.25) is 0 Å². The zero-order chi connectivity index (χ0) is 16.5. The fraction of sp³-hybridized carbons (Fsp3) is 0.500. The van der Waals surface area contributed by atoms with Crippen molar-refractivity contribution in [1.29, 1.82) is 0 Å². The highest BCUT2D eigenvalue weighted by atomic mass is 16.4. The van der Waals surface area contributed by atoms with Crippen molar-refractivity contribution in [2.75, 3.05) is 6.54 Å². The van der Waals surface area contributed by atoms with E-state index in [4.69, 9.17) is 21.7 Å². The topological polar surface area (TPSA) is 127 Å². The molecule has 0 amide bonds. The van der Waals surface area contributed by atoms with Crippen LogP contribution in [0.4, 0.5) is 0 Å². The molecule has 1 fully saturated rings. The van der Waals surface area contributed by atoms with Crippen molar-refractivity contribution in [3.05, 3.63) is 35.4 Å². The minimum Gasteiger partial charge on any atom is -0.481 e. The Morgan fingerprint density at radius 3 is 2.05 bits per heavy atom. The van der Waals surface area contributed by atoms with Crippen molar-refractivity contribution in [3.8, 4) is 0 Å². The van der Waals surface area contributed by atoms with Crippen LogP contribution in [0.2, 0.25) is 0 Å². The average molecular weight is 308 g/mol. The highest BCUT2D eigenvalue weighted by Gasteiger charge is 2.24. The van der Waals surface area contributed by atoms with Crippen LogP contribution in [0.3, 0.4) is 0 Å². The second-order valence-corrected chi connectivity index (χ2v) is 5.46. The predicted octanol–water partition coefficient (Wildman–Crippen LogP) is 1.68. The molecule has 0 radical (unpaired) electrons. The molecule has 0 saturated heterocycles. The number of aliphatic carboxylic acids is 1. The van der Waals surface area contributed by atoms with E-state index in [2.05, 4.69) is 0 Å². The van der Waals surface area contributed by atoms with Gasteiger partial charge in [-0.05, 0) is 49.8 Å². The summed E-state index contributed by atoms with van der Waals surface area (Å²) < 4.78 is 0. The molecule has 0 bridgehead atoms. The van der Waals surface area contributed by atoms with Crippen LogP contribution in [-0.2, 0) is 11.3 Å². The first kappa shape index (κ1) is 18.1. The lowest BCUT2D eigenvalue weighted by molar-refractivity contribution is -0.143. The van der Waals surface area contributed by atoms with Crippen LogP contribution in [0.15, 0.2) is 24.3 Å². The third kappa shape index (κ3) is 5.46. The number of aromatic carboxylic acids is 1. The minimum absolute atomic E-state index is 0.0993. The van der Waals surface area contributed by atoms with Crippen molar-refractivity contribution in [2.24, 2.45) is 23.3 Å². The van der Waals surface area contributed by atoms with Gasteiger partial charge in [-0.15, -0.1) is 0 Å². The van der Waals surface area contributed by atoms with E-state index < -0.39 is 11.9 Å². The zero-order valence-corrected chi connectivity index (χ0v) is 12.6. The molecule has 0 spiro atoms. The second kappa shape index (κ2) is 9.17. The Balaban J connectivity index is 0.000000220. The number of rotatable bonds is 4. The SMILES string of the molecule is NC[C@H]1CC[C@H](C(=O)O)CC1.NCc1ccccc1C(=O)O. The Morgan fingerprint density at radius 1 is 1.05 bits per heavy atom. The van der Waals surface area contributed by atoms with E-state index in [0.29, 0.717) is 18.0 Å². The molecular formula is C16H24N2O4. The number of benzene rings is 1. The lowest BCUT2D eigenvalue weighted by Gasteiger charge is -2.24. The molecule has 1 saturated carbocycles. The minimum atomic E-state index is -0.925. The summed E-state index contributed by atoms with van der Waals surface area (Å²) in [6.07, 6.45) is 3.62. The second-order valence-electron chi connectivity index (χ2n) is 5.46. The molecule has 1 aromatic carbocycles. The summed E-state index contributed by atoms with van der Waals surface area (Å²) in [7, 11) is 0. The van der Waals surface area contributed by atoms with E-state index in [1.165, 1.54) is 0 Å². The lowest BCUT2D eigenvalue weighted by Crippen LogP contribution is -2.25. The molecule has 6 heteroatoms. The summed E-state index contributed by atoms with van der Waals surface area (Å²) in [5, 5.41) is 17.3. The monoisotopic (exact) mass is 308 g/mol. The highest BCUT2D eigenvalue weighted by molar-refractivity contribution is 5.89. The Kier molecular flexibility index (Phi) is 7.56. The van der Waals surface area contributed by atoms with Crippen LogP contribution >= 0.6 is 0 Å². The van der Waals surface area contributed by atoms with Crippen LogP contribution in [0.1, 0.15) is 41.6 Å². The summed E-state index contributed by atoms with van der Waals surface area (Å²) in [6, 6.07) is 6.71. The Morgan fingerprint density at radius 2 is 1.64 bits per heavy atom. The van der Waals surface area contributed by atoms with Crippen LogP contribution in [0.25, 0.3) is 0 Å². The summed E-state index contributed by atoms with van der Waals surface area (Å²) in [5.74, 6) is -1.09. The smallest absolute Gasteiger partial charge is 0.336 e. The number of carboxylic acid groups (broad SMARTS) is 2. The largest absolute Gasteiger partial charge is 0.481 e.